The zero-order chi connectivity index (χ0) is 13.7. The van der Waals surface area contributed by atoms with E-state index < -0.39 is 5.82 Å². The van der Waals surface area contributed by atoms with Crippen molar-refractivity contribution in [1.82, 2.24) is 4.90 Å². The fraction of sp³-hybridized carbons (Fsp3) is 0.188. The first kappa shape index (κ1) is 13.4. The number of ketones is 1. The first-order valence-corrected chi connectivity index (χ1v) is 6.17. The van der Waals surface area contributed by atoms with Crippen LogP contribution in [0, 0.1) is 5.82 Å². The van der Waals surface area contributed by atoms with Gasteiger partial charge < -0.3 is 0 Å². The molecule has 0 bridgehead atoms. The largest absolute Gasteiger partial charge is 0.295 e. The van der Waals surface area contributed by atoms with Gasteiger partial charge in [-0.1, -0.05) is 42.5 Å². The molecule has 0 aliphatic carbocycles. The molecule has 2 aromatic carbocycles. The van der Waals surface area contributed by atoms with E-state index in [0.29, 0.717) is 6.54 Å². The maximum absolute atomic E-state index is 13.5. The molecule has 0 fully saturated rings. The molecule has 3 heteroatoms. The van der Waals surface area contributed by atoms with Crippen molar-refractivity contribution in [2.24, 2.45) is 0 Å². The highest BCUT2D eigenvalue weighted by molar-refractivity contribution is 5.97. The summed E-state index contributed by atoms with van der Waals surface area (Å²) in [5.74, 6) is -0.655. The van der Waals surface area contributed by atoms with Crippen LogP contribution in [0.15, 0.2) is 54.6 Å². The van der Waals surface area contributed by atoms with E-state index in [-0.39, 0.29) is 17.9 Å². The van der Waals surface area contributed by atoms with E-state index in [2.05, 4.69) is 0 Å². The van der Waals surface area contributed by atoms with E-state index in [4.69, 9.17) is 0 Å². The Bertz CT molecular complexity index is 554. The standard InChI is InChI=1S/C16H16FNO/c1-18(11-13-7-3-2-4-8-13)12-16(19)14-9-5-6-10-15(14)17/h2-10H,11-12H2,1H3. The van der Waals surface area contributed by atoms with Gasteiger partial charge in [-0.2, -0.15) is 0 Å². The minimum Gasteiger partial charge on any atom is -0.295 e. The molecular formula is C16H16FNO. The summed E-state index contributed by atoms with van der Waals surface area (Å²) in [6.45, 7) is 0.872. The monoisotopic (exact) mass is 257 g/mol. The molecule has 0 amide bonds. The van der Waals surface area contributed by atoms with Gasteiger partial charge in [0.1, 0.15) is 5.82 Å². The second-order valence-electron chi connectivity index (χ2n) is 4.56. The molecule has 0 saturated carbocycles. The molecule has 0 N–H and O–H groups in total. The average Bonchev–Trinajstić information content (AvgIpc) is 2.40. The first-order valence-electron chi connectivity index (χ1n) is 6.17. The van der Waals surface area contributed by atoms with Gasteiger partial charge in [-0.15, -0.1) is 0 Å². The fourth-order valence-corrected chi connectivity index (χ4v) is 1.97. The summed E-state index contributed by atoms with van der Waals surface area (Å²) in [5.41, 5.74) is 1.29. The molecule has 0 aliphatic heterocycles. The lowest BCUT2D eigenvalue weighted by Crippen LogP contribution is -2.26. The third kappa shape index (κ3) is 3.73. The van der Waals surface area contributed by atoms with Crippen LogP contribution in [-0.4, -0.2) is 24.3 Å². The van der Waals surface area contributed by atoms with Crippen molar-refractivity contribution in [3.8, 4) is 0 Å². The minimum absolute atomic E-state index is 0.155. The molecule has 0 atom stereocenters. The Morgan fingerprint density at radius 3 is 2.37 bits per heavy atom. The molecule has 0 spiro atoms. The maximum Gasteiger partial charge on any atom is 0.179 e. The Balaban J connectivity index is 1.98. The van der Waals surface area contributed by atoms with Crippen molar-refractivity contribution in [2.75, 3.05) is 13.6 Å². The summed E-state index contributed by atoms with van der Waals surface area (Å²) in [6, 6.07) is 16.0. The Hall–Kier alpha value is -2.00. The van der Waals surface area contributed by atoms with Crippen LogP contribution in [0.5, 0.6) is 0 Å². The van der Waals surface area contributed by atoms with E-state index >= 15 is 0 Å². The number of rotatable bonds is 5. The quantitative estimate of drug-likeness (QED) is 0.767. The molecular weight excluding hydrogens is 241 g/mol. The SMILES string of the molecule is CN(CC(=O)c1ccccc1F)Cc1ccccc1. The molecule has 0 saturated heterocycles. The molecule has 0 aliphatic rings. The van der Waals surface area contributed by atoms with Crippen molar-refractivity contribution in [3.63, 3.8) is 0 Å². The van der Waals surface area contributed by atoms with E-state index in [1.807, 2.05) is 42.3 Å². The van der Waals surface area contributed by atoms with Gasteiger partial charge >= 0.3 is 0 Å². The highest BCUT2D eigenvalue weighted by atomic mass is 19.1. The van der Waals surface area contributed by atoms with Gasteiger partial charge in [0.25, 0.3) is 0 Å². The number of likely N-dealkylation sites (N-methyl/N-ethyl adjacent to an activating group) is 1. The van der Waals surface area contributed by atoms with E-state index in [0.717, 1.165) is 5.56 Å². The normalized spacial score (nSPS) is 10.7. The molecule has 19 heavy (non-hydrogen) atoms. The second-order valence-corrected chi connectivity index (χ2v) is 4.56. The number of benzene rings is 2. The van der Waals surface area contributed by atoms with Gasteiger partial charge in [0.05, 0.1) is 12.1 Å². The predicted octanol–water partition coefficient (Wildman–Crippen LogP) is 3.14. The number of nitrogens with zero attached hydrogens (tertiary/aromatic N) is 1. The highest BCUT2D eigenvalue weighted by Crippen LogP contribution is 2.09. The summed E-state index contributed by atoms with van der Waals surface area (Å²) in [4.78, 5) is 13.9. The summed E-state index contributed by atoms with van der Waals surface area (Å²) in [5, 5.41) is 0. The second kappa shape index (κ2) is 6.25. The molecule has 2 rings (SSSR count). The van der Waals surface area contributed by atoms with Crippen molar-refractivity contribution >= 4 is 5.78 Å². The molecule has 0 heterocycles. The zero-order valence-corrected chi connectivity index (χ0v) is 10.8. The van der Waals surface area contributed by atoms with Gasteiger partial charge in [-0.05, 0) is 24.7 Å². The van der Waals surface area contributed by atoms with Crippen LogP contribution in [0.4, 0.5) is 4.39 Å². The van der Waals surface area contributed by atoms with E-state index in [1.165, 1.54) is 12.1 Å². The number of hydrogen-bond donors (Lipinski definition) is 0. The van der Waals surface area contributed by atoms with E-state index in [1.54, 1.807) is 12.1 Å². The zero-order valence-electron chi connectivity index (χ0n) is 10.8. The molecule has 0 aromatic heterocycles. The average molecular weight is 257 g/mol. The Kier molecular flexibility index (Phi) is 4.42. The van der Waals surface area contributed by atoms with Gasteiger partial charge in [0, 0.05) is 6.54 Å². The molecule has 98 valence electrons. The molecule has 2 nitrogen and oxygen atoms in total. The number of halogens is 1. The minimum atomic E-state index is -0.458. The van der Waals surface area contributed by atoms with Crippen molar-refractivity contribution in [1.29, 1.82) is 0 Å². The highest BCUT2D eigenvalue weighted by Gasteiger charge is 2.13. The van der Waals surface area contributed by atoms with Crippen LogP contribution in [0.2, 0.25) is 0 Å². The summed E-state index contributed by atoms with van der Waals surface area (Å²) in [7, 11) is 1.85. The van der Waals surface area contributed by atoms with Crippen molar-refractivity contribution in [3.05, 3.63) is 71.5 Å². The smallest absolute Gasteiger partial charge is 0.179 e. The van der Waals surface area contributed by atoms with Gasteiger partial charge in [0.15, 0.2) is 5.78 Å². The lowest BCUT2D eigenvalue weighted by molar-refractivity contribution is 0.0939. The summed E-state index contributed by atoms with van der Waals surface area (Å²) >= 11 is 0. The van der Waals surface area contributed by atoms with Crippen LogP contribution in [0.25, 0.3) is 0 Å². The number of Topliss-reactive ketones (excluding diaryl/α,β-unsaturated/α-hetero) is 1. The Morgan fingerprint density at radius 1 is 1.05 bits per heavy atom. The van der Waals surface area contributed by atoms with Crippen LogP contribution < -0.4 is 0 Å². The van der Waals surface area contributed by atoms with Gasteiger partial charge in [0.2, 0.25) is 0 Å². The molecule has 2 aromatic rings. The van der Waals surface area contributed by atoms with Crippen LogP contribution >= 0.6 is 0 Å². The number of hydrogen-bond acceptors (Lipinski definition) is 2. The van der Waals surface area contributed by atoms with Gasteiger partial charge in [-0.25, -0.2) is 4.39 Å². The van der Waals surface area contributed by atoms with E-state index in [9.17, 15) is 9.18 Å². The van der Waals surface area contributed by atoms with Crippen molar-refractivity contribution in [2.45, 2.75) is 6.54 Å². The molecule has 0 radical (unpaired) electrons. The first-order chi connectivity index (χ1) is 9.16. The summed E-state index contributed by atoms with van der Waals surface area (Å²) in [6.07, 6.45) is 0. The Morgan fingerprint density at radius 2 is 1.68 bits per heavy atom. The number of carbonyl (C=O) groups is 1. The number of carbonyl (C=O) groups excluding carboxylic acids is 1. The lowest BCUT2D eigenvalue weighted by Gasteiger charge is -2.16. The van der Waals surface area contributed by atoms with Gasteiger partial charge in [-0.3, -0.25) is 9.69 Å². The molecule has 0 unspecified atom stereocenters. The predicted molar refractivity (Wildman–Crippen MR) is 73.5 cm³/mol. The topological polar surface area (TPSA) is 20.3 Å². The lowest BCUT2D eigenvalue weighted by atomic mass is 10.1. The van der Waals surface area contributed by atoms with Crippen LogP contribution in [0.3, 0.4) is 0 Å². The fourth-order valence-electron chi connectivity index (χ4n) is 1.97. The Labute approximate surface area is 112 Å². The third-order valence-electron chi connectivity index (χ3n) is 2.88. The van der Waals surface area contributed by atoms with Crippen LogP contribution in [0.1, 0.15) is 15.9 Å². The van der Waals surface area contributed by atoms with Crippen LogP contribution in [-0.2, 0) is 6.54 Å². The maximum atomic E-state index is 13.5. The van der Waals surface area contributed by atoms with Crippen molar-refractivity contribution < 1.29 is 9.18 Å². The third-order valence-corrected chi connectivity index (χ3v) is 2.88. The summed E-state index contributed by atoms with van der Waals surface area (Å²) < 4.78 is 13.5.